The molecule has 1 aliphatic heterocycles. The van der Waals surface area contributed by atoms with Crippen LogP contribution in [0.4, 0.5) is 0 Å². The van der Waals surface area contributed by atoms with E-state index >= 15 is 0 Å². The largest absolute Gasteiger partial charge is 0.459 e. The minimum atomic E-state index is -0.675. The number of carbonyl (C=O) groups is 2. The van der Waals surface area contributed by atoms with Crippen molar-refractivity contribution < 1.29 is 18.4 Å². The number of amides is 2. The van der Waals surface area contributed by atoms with E-state index in [1.165, 1.54) is 6.26 Å². The van der Waals surface area contributed by atoms with Crippen molar-refractivity contribution in [3.63, 3.8) is 0 Å². The van der Waals surface area contributed by atoms with Crippen LogP contribution in [0.1, 0.15) is 40.8 Å². The van der Waals surface area contributed by atoms with Crippen molar-refractivity contribution in [2.75, 3.05) is 13.1 Å². The monoisotopic (exact) mass is 443 g/mol. The zero-order valence-electron chi connectivity index (χ0n) is 18.1. The molecule has 1 fully saturated rings. The zero-order chi connectivity index (χ0) is 22.6. The van der Waals surface area contributed by atoms with Crippen molar-refractivity contribution in [1.82, 2.24) is 15.2 Å². The summed E-state index contributed by atoms with van der Waals surface area (Å²) in [7, 11) is 0. The van der Waals surface area contributed by atoms with E-state index in [2.05, 4.69) is 10.3 Å². The highest BCUT2D eigenvalue weighted by molar-refractivity contribution is 5.95. The summed E-state index contributed by atoms with van der Waals surface area (Å²) in [6, 6.07) is 20.0. The summed E-state index contributed by atoms with van der Waals surface area (Å²) in [5.41, 5.74) is 2.63. The Balaban J connectivity index is 1.27. The highest BCUT2D eigenvalue weighted by Crippen LogP contribution is 2.30. The maximum atomic E-state index is 13.4. The van der Waals surface area contributed by atoms with Crippen LogP contribution in [0.3, 0.4) is 0 Å². The Morgan fingerprint density at radius 3 is 2.48 bits per heavy atom. The van der Waals surface area contributed by atoms with Crippen LogP contribution in [0, 0.1) is 0 Å². The molecule has 0 spiro atoms. The van der Waals surface area contributed by atoms with E-state index in [1.54, 1.807) is 12.1 Å². The molecular weight excluding hydrogens is 418 g/mol. The van der Waals surface area contributed by atoms with Crippen molar-refractivity contribution >= 4 is 22.9 Å². The van der Waals surface area contributed by atoms with E-state index in [9.17, 15) is 9.59 Å². The van der Waals surface area contributed by atoms with E-state index in [-0.39, 0.29) is 17.6 Å². The zero-order valence-corrected chi connectivity index (χ0v) is 18.1. The molecule has 2 amide bonds. The number of benzene rings is 2. The number of nitrogens with one attached hydrogen (secondary N) is 1. The summed E-state index contributed by atoms with van der Waals surface area (Å²) in [5, 5.41) is 2.87. The third-order valence-electron chi connectivity index (χ3n) is 6.10. The van der Waals surface area contributed by atoms with Gasteiger partial charge in [-0.3, -0.25) is 9.59 Å². The number of piperidine rings is 1. The molecule has 7 nitrogen and oxygen atoms in total. The number of likely N-dealkylation sites (tertiary alicyclic amines) is 1. The van der Waals surface area contributed by atoms with E-state index in [4.69, 9.17) is 8.83 Å². The molecule has 0 radical (unpaired) electrons. The van der Waals surface area contributed by atoms with Gasteiger partial charge in [0.1, 0.15) is 11.6 Å². The third kappa shape index (κ3) is 4.67. The van der Waals surface area contributed by atoms with Gasteiger partial charge >= 0.3 is 0 Å². The molecule has 0 aliphatic carbocycles. The van der Waals surface area contributed by atoms with Crippen LogP contribution >= 0.6 is 0 Å². The van der Waals surface area contributed by atoms with Crippen LogP contribution in [0.25, 0.3) is 11.1 Å². The van der Waals surface area contributed by atoms with E-state index in [0.717, 1.165) is 35.4 Å². The normalized spacial score (nSPS) is 15.5. The molecule has 1 N–H and O–H groups in total. The van der Waals surface area contributed by atoms with Crippen molar-refractivity contribution in [1.29, 1.82) is 0 Å². The van der Waals surface area contributed by atoms with E-state index < -0.39 is 11.9 Å². The van der Waals surface area contributed by atoms with Crippen LogP contribution in [-0.2, 0) is 11.2 Å². The van der Waals surface area contributed by atoms with Gasteiger partial charge in [0.25, 0.3) is 5.91 Å². The quantitative estimate of drug-likeness (QED) is 0.483. The highest BCUT2D eigenvalue weighted by Gasteiger charge is 2.32. The number of hydrogen-bond acceptors (Lipinski definition) is 5. The summed E-state index contributed by atoms with van der Waals surface area (Å²) in [6.45, 7) is 1.17. The maximum Gasteiger partial charge on any atom is 0.287 e. The first-order valence-corrected chi connectivity index (χ1v) is 11.2. The number of furan rings is 1. The lowest BCUT2D eigenvalue weighted by molar-refractivity contribution is -0.134. The van der Waals surface area contributed by atoms with Gasteiger partial charge in [0.15, 0.2) is 17.2 Å². The number of rotatable bonds is 6. The molecule has 2 aromatic carbocycles. The standard InChI is InChI=1S/C26H25N3O4/c30-24(23-11-6-16-32-23)27-21(17-18-7-2-1-3-8-18)26(31)29-14-12-19(13-15-29)25-28-20-9-4-5-10-22(20)33-25/h1-11,16,19,21H,12-15,17H2,(H,27,30). The van der Waals surface area contributed by atoms with Gasteiger partial charge in [0.2, 0.25) is 5.91 Å². The second-order valence-corrected chi connectivity index (χ2v) is 8.31. The van der Waals surface area contributed by atoms with Gasteiger partial charge < -0.3 is 19.1 Å². The van der Waals surface area contributed by atoms with Gasteiger partial charge in [-0.25, -0.2) is 4.98 Å². The second kappa shape index (κ2) is 9.32. The smallest absolute Gasteiger partial charge is 0.287 e. The summed E-state index contributed by atoms with van der Waals surface area (Å²) >= 11 is 0. The lowest BCUT2D eigenvalue weighted by atomic mass is 9.95. The number of hydrogen-bond donors (Lipinski definition) is 1. The highest BCUT2D eigenvalue weighted by atomic mass is 16.3. The van der Waals surface area contributed by atoms with Crippen molar-refractivity contribution in [2.24, 2.45) is 0 Å². The summed E-state index contributed by atoms with van der Waals surface area (Å²) in [4.78, 5) is 32.5. The minimum Gasteiger partial charge on any atom is -0.459 e. The molecular formula is C26H25N3O4. The molecule has 1 atom stereocenters. The van der Waals surface area contributed by atoms with Gasteiger partial charge in [0, 0.05) is 25.4 Å². The molecule has 1 aliphatic rings. The average molecular weight is 444 g/mol. The van der Waals surface area contributed by atoms with Gasteiger partial charge in [-0.2, -0.15) is 0 Å². The minimum absolute atomic E-state index is 0.0882. The first-order chi connectivity index (χ1) is 16.2. The molecule has 4 aromatic rings. The SMILES string of the molecule is O=C(NC(Cc1ccccc1)C(=O)N1CCC(c2nc3ccccc3o2)CC1)c1ccco1. The molecule has 2 aromatic heterocycles. The topological polar surface area (TPSA) is 88.6 Å². The van der Waals surface area contributed by atoms with Gasteiger partial charge in [-0.05, 0) is 42.7 Å². The van der Waals surface area contributed by atoms with E-state index in [0.29, 0.717) is 19.5 Å². The Hall–Kier alpha value is -3.87. The fraction of sp³-hybridized carbons (Fsp3) is 0.269. The van der Waals surface area contributed by atoms with Gasteiger partial charge in [0.05, 0.1) is 6.26 Å². The molecule has 0 saturated carbocycles. The number of oxazole rings is 1. The molecule has 168 valence electrons. The van der Waals surface area contributed by atoms with Crippen LogP contribution in [0.5, 0.6) is 0 Å². The molecule has 5 rings (SSSR count). The Morgan fingerprint density at radius 2 is 1.76 bits per heavy atom. The summed E-state index contributed by atoms with van der Waals surface area (Å²) in [5.74, 6) is 0.614. The first kappa shape index (κ1) is 21.0. The Kier molecular flexibility index (Phi) is 5.93. The lowest BCUT2D eigenvalue weighted by Gasteiger charge is -2.33. The Labute approximate surface area is 191 Å². The first-order valence-electron chi connectivity index (χ1n) is 11.2. The molecule has 0 bridgehead atoms. The van der Waals surface area contributed by atoms with Crippen LogP contribution < -0.4 is 5.32 Å². The Morgan fingerprint density at radius 1 is 1.00 bits per heavy atom. The van der Waals surface area contributed by atoms with Gasteiger partial charge in [-0.1, -0.05) is 42.5 Å². The predicted octanol–water partition coefficient (Wildman–Crippen LogP) is 4.17. The molecule has 1 unspecified atom stereocenters. The molecule has 3 heterocycles. The van der Waals surface area contributed by atoms with E-state index in [1.807, 2.05) is 59.5 Å². The fourth-order valence-corrected chi connectivity index (χ4v) is 4.32. The van der Waals surface area contributed by atoms with Crippen LogP contribution in [-0.4, -0.2) is 40.8 Å². The third-order valence-corrected chi connectivity index (χ3v) is 6.10. The molecule has 1 saturated heterocycles. The van der Waals surface area contributed by atoms with Crippen molar-refractivity contribution in [2.45, 2.75) is 31.2 Å². The van der Waals surface area contributed by atoms with Gasteiger partial charge in [-0.15, -0.1) is 0 Å². The summed E-state index contributed by atoms with van der Waals surface area (Å²) < 4.78 is 11.1. The number of nitrogens with zero attached hydrogens (tertiary/aromatic N) is 2. The summed E-state index contributed by atoms with van der Waals surface area (Å²) in [6.07, 6.45) is 3.39. The fourth-order valence-electron chi connectivity index (χ4n) is 4.32. The predicted molar refractivity (Wildman–Crippen MR) is 123 cm³/mol. The van der Waals surface area contributed by atoms with Crippen LogP contribution in [0.2, 0.25) is 0 Å². The average Bonchev–Trinajstić information content (AvgIpc) is 3.54. The Bertz CT molecular complexity index is 1190. The number of fused-ring (bicyclic) bond motifs is 1. The second-order valence-electron chi connectivity index (χ2n) is 8.31. The number of aromatic nitrogens is 1. The van der Waals surface area contributed by atoms with Crippen molar-refractivity contribution in [3.8, 4) is 0 Å². The maximum absolute atomic E-state index is 13.4. The van der Waals surface area contributed by atoms with Crippen molar-refractivity contribution in [3.05, 3.63) is 90.2 Å². The molecule has 7 heteroatoms. The van der Waals surface area contributed by atoms with Crippen LogP contribution in [0.15, 0.2) is 81.8 Å². The number of carbonyl (C=O) groups excluding carboxylic acids is 2. The number of para-hydroxylation sites is 2. The lowest BCUT2D eigenvalue weighted by Crippen LogP contribution is -2.51. The molecule has 33 heavy (non-hydrogen) atoms.